The summed E-state index contributed by atoms with van der Waals surface area (Å²) < 4.78 is 5.06. The van der Waals surface area contributed by atoms with Gasteiger partial charge in [0.25, 0.3) is 0 Å². The van der Waals surface area contributed by atoms with Crippen molar-refractivity contribution in [1.82, 2.24) is 20.2 Å². The van der Waals surface area contributed by atoms with E-state index < -0.39 is 6.09 Å². The Hall–Kier alpha value is -2.84. The van der Waals surface area contributed by atoms with Gasteiger partial charge in [0.05, 0.1) is 0 Å². The molecule has 0 atom stereocenters. The van der Waals surface area contributed by atoms with Gasteiger partial charge in [-0.3, -0.25) is 5.10 Å². The lowest BCUT2D eigenvalue weighted by Crippen LogP contribution is -2.32. The number of hydrogen-bond donors (Lipinski definition) is 4. The maximum Gasteiger partial charge on any atom is 0.404 e. The highest BCUT2D eigenvalue weighted by Gasteiger charge is 2.26. The first-order valence-corrected chi connectivity index (χ1v) is 9.04. The molecule has 0 unspecified atom stereocenters. The molecule has 2 heterocycles. The minimum absolute atomic E-state index is 0.0835. The molecule has 2 aliphatic rings. The van der Waals surface area contributed by atoms with E-state index in [0.717, 1.165) is 31.5 Å². The van der Waals surface area contributed by atoms with Gasteiger partial charge in [-0.25, -0.2) is 9.78 Å². The van der Waals surface area contributed by atoms with E-state index in [4.69, 9.17) is 10.5 Å². The van der Waals surface area contributed by atoms with Gasteiger partial charge in [-0.2, -0.15) is 10.1 Å². The third kappa shape index (κ3) is 4.22. The number of nitrogens with one attached hydrogen (secondary N) is 3. The normalized spacial score (nSPS) is 22.6. The quantitative estimate of drug-likeness (QED) is 0.625. The fourth-order valence-electron chi connectivity index (χ4n) is 3.31. The van der Waals surface area contributed by atoms with E-state index in [1.54, 1.807) is 6.20 Å². The Labute approximate surface area is 151 Å². The largest absolute Gasteiger partial charge is 0.446 e. The Morgan fingerprint density at radius 2 is 2.00 bits per heavy atom. The van der Waals surface area contributed by atoms with Crippen molar-refractivity contribution in [2.45, 2.75) is 56.6 Å². The number of anilines is 3. The highest BCUT2D eigenvalue weighted by molar-refractivity contribution is 5.64. The van der Waals surface area contributed by atoms with Crippen LogP contribution in [0.4, 0.5) is 22.4 Å². The predicted molar refractivity (Wildman–Crippen MR) is 96.2 cm³/mol. The number of aromatic nitrogens is 4. The zero-order chi connectivity index (χ0) is 17.9. The lowest BCUT2D eigenvalue weighted by Gasteiger charge is -2.28. The molecular weight excluding hydrogens is 334 g/mol. The van der Waals surface area contributed by atoms with Crippen LogP contribution in [-0.2, 0) is 4.74 Å². The smallest absolute Gasteiger partial charge is 0.404 e. The lowest BCUT2D eigenvalue weighted by atomic mass is 9.93. The molecule has 2 aliphatic carbocycles. The van der Waals surface area contributed by atoms with Crippen molar-refractivity contribution >= 4 is 23.7 Å². The first kappa shape index (κ1) is 16.6. The summed E-state index contributed by atoms with van der Waals surface area (Å²) in [5.41, 5.74) is 6.25. The number of nitrogens with zero attached hydrogens (tertiary/aromatic N) is 3. The van der Waals surface area contributed by atoms with Crippen LogP contribution < -0.4 is 16.4 Å². The maximum absolute atomic E-state index is 10.8. The molecule has 9 nitrogen and oxygen atoms in total. The first-order valence-electron chi connectivity index (χ1n) is 9.04. The van der Waals surface area contributed by atoms with Crippen LogP contribution in [0.2, 0.25) is 0 Å². The van der Waals surface area contributed by atoms with E-state index in [1.165, 1.54) is 18.5 Å². The van der Waals surface area contributed by atoms with Gasteiger partial charge < -0.3 is 21.1 Å². The molecule has 0 radical (unpaired) electrons. The van der Waals surface area contributed by atoms with Gasteiger partial charge in [0, 0.05) is 29.9 Å². The van der Waals surface area contributed by atoms with E-state index in [0.29, 0.717) is 17.7 Å². The average molecular weight is 357 g/mol. The van der Waals surface area contributed by atoms with Crippen molar-refractivity contribution in [3.05, 3.63) is 24.0 Å². The highest BCUT2D eigenvalue weighted by Crippen LogP contribution is 2.39. The molecule has 2 aromatic rings. The molecule has 2 aromatic heterocycles. The average Bonchev–Trinajstić information content (AvgIpc) is 3.37. The number of nitrogens with two attached hydrogens (primary N) is 1. The second kappa shape index (κ2) is 7.19. The summed E-state index contributed by atoms with van der Waals surface area (Å²) in [7, 11) is 0. The summed E-state index contributed by atoms with van der Waals surface area (Å²) in [4.78, 5) is 19.6. The van der Waals surface area contributed by atoms with Crippen LogP contribution in [0.25, 0.3) is 0 Å². The van der Waals surface area contributed by atoms with Crippen LogP contribution in [0.5, 0.6) is 0 Å². The SMILES string of the molecule is NC(=O)OC1CCC(Nc2nccc(Nc3cc(C4CC4)[nH]n3)n2)CC1. The molecule has 5 N–H and O–H groups in total. The number of hydrogen-bond acceptors (Lipinski definition) is 7. The molecule has 4 rings (SSSR count). The van der Waals surface area contributed by atoms with E-state index in [9.17, 15) is 4.79 Å². The standard InChI is InChI=1S/C17H23N7O2/c18-16(25)26-12-5-3-11(4-6-12)20-17-19-8-7-14(22-17)21-15-9-13(23-24-15)10-1-2-10/h7-12H,1-6H2,(H2,18,25)(H3,19,20,21,22,23,24). The van der Waals surface area contributed by atoms with Crippen LogP contribution in [0.1, 0.15) is 50.1 Å². The zero-order valence-corrected chi connectivity index (χ0v) is 14.4. The summed E-state index contributed by atoms with van der Waals surface area (Å²) in [6.45, 7) is 0. The highest BCUT2D eigenvalue weighted by atomic mass is 16.6. The van der Waals surface area contributed by atoms with E-state index in [1.807, 2.05) is 12.1 Å². The van der Waals surface area contributed by atoms with Crippen LogP contribution in [0.3, 0.4) is 0 Å². The number of ether oxygens (including phenoxy) is 1. The van der Waals surface area contributed by atoms with Gasteiger partial charge in [0.2, 0.25) is 5.95 Å². The van der Waals surface area contributed by atoms with Crippen LogP contribution in [0.15, 0.2) is 18.3 Å². The van der Waals surface area contributed by atoms with Crippen molar-refractivity contribution in [2.24, 2.45) is 5.73 Å². The number of primary amides is 1. The Morgan fingerprint density at radius 3 is 2.73 bits per heavy atom. The monoisotopic (exact) mass is 357 g/mol. The van der Waals surface area contributed by atoms with E-state index >= 15 is 0 Å². The number of amides is 1. The summed E-state index contributed by atoms with van der Waals surface area (Å²) >= 11 is 0. The van der Waals surface area contributed by atoms with Crippen molar-refractivity contribution in [3.8, 4) is 0 Å². The van der Waals surface area contributed by atoms with Gasteiger partial charge in [0.1, 0.15) is 11.9 Å². The second-order valence-electron chi connectivity index (χ2n) is 6.93. The van der Waals surface area contributed by atoms with Crippen LogP contribution in [-0.4, -0.2) is 38.4 Å². The third-order valence-corrected chi connectivity index (χ3v) is 4.82. The predicted octanol–water partition coefficient (Wildman–Crippen LogP) is 2.64. The van der Waals surface area contributed by atoms with Crippen molar-refractivity contribution in [1.29, 1.82) is 0 Å². The van der Waals surface area contributed by atoms with Gasteiger partial charge >= 0.3 is 6.09 Å². The van der Waals surface area contributed by atoms with Gasteiger partial charge in [-0.1, -0.05) is 0 Å². The zero-order valence-electron chi connectivity index (χ0n) is 14.4. The number of H-pyrrole nitrogens is 1. The summed E-state index contributed by atoms with van der Waals surface area (Å²) in [6, 6.07) is 4.10. The fourth-order valence-corrected chi connectivity index (χ4v) is 3.31. The van der Waals surface area contributed by atoms with Crippen molar-refractivity contribution in [3.63, 3.8) is 0 Å². The molecule has 0 aliphatic heterocycles. The molecule has 2 fully saturated rings. The van der Waals surface area contributed by atoms with Crippen LogP contribution >= 0.6 is 0 Å². The number of rotatable bonds is 6. The summed E-state index contributed by atoms with van der Waals surface area (Å²) in [6.07, 6.45) is 6.73. The number of carbonyl (C=O) groups is 1. The third-order valence-electron chi connectivity index (χ3n) is 4.82. The molecule has 1 amide bonds. The van der Waals surface area contributed by atoms with Gasteiger partial charge in [-0.05, 0) is 44.6 Å². The molecule has 0 bridgehead atoms. The molecule has 138 valence electrons. The Balaban J connectivity index is 1.32. The Kier molecular flexibility index (Phi) is 4.59. The summed E-state index contributed by atoms with van der Waals surface area (Å²) in [5, 5.41) is 13.9. The van der Waals surface area contributed by atoms with E-state index in [2.05, 4.69) is 30.8 Å². The molecule has 26 heavy (non-hydrogen) atoms. The minimum atomic E-state index is -0.702. The van der Waals surface area contributed by atoms with Crippen LogP contribution in [0, 0.1) is 0 Å². The first-order chi connectivity index (χ1) is 12.7. The molecule has 0 spiro atoms. The van der Waals surface area contributed by atoms with Crippen molar-refractivity contribution < 1.29 is 9.53 Å². The Morgan fingerprint density at radius 1 is 1.19 bits per heavy atom. The van der Waals surface area contributed by atoms with E-state index in [-0.39, 0.29) is 12.1 Å². The lowest BCUT2D eigenvalue weighted by molar-refractivity contribution is 0.0805. The van der Waals surface area contributed by atoms with Crippen molar-refractivity contribution in [2.75, 3.05) is 10.6 Å². The molecule has 9 heteroatoms. The van der Waals surface area contributed by atoms with Gasteiger partial charge in [0.15, 0.2) is 5.82 Å². The molecule has 2 saturated carbocycles. The molecule has 0 aromatic carbocycles. The summed E-state index contributed by atoms with van der Waals surface area (Å²) in [5.74, 6) is 2.67. The number of carbonyl (C=O) groups excluding carboxylic acids is 1. The molecular formula is C17H23N7O2. The topological polar surface area (TPSA) is 131 Å². The number of aromatic amines is 1. The Bertz CT molecular complexity index is 766. The minimum Gasteiger partial charge on any atom is -0.446 e. The maximum atomic E-state index is 10.8. The second-order valence-corrected chi connectivity index (χ2v) is 6.93. The van der Waals surface area contributed by atoms with Gasteiger partial charge in [-0.15, -0.1) is 0 Å². The molecule has 0 saturated heterocycles. The fraction of sp³-hybridized carbons (Fsp3) is 0.529.